The van der Waals surface area contributed by atoms with E-state index < -0.39 is 0 Å². The molecular weight excluding hydrogens is 336 g/mol. The second-order valence-corrected chi connectivity index (χ2v) is 5.65. The molecule has 2 heterocycles. The van der Waals surface area contributed by atoms with E-state index in [9.17, 15) is 4.79 Å². The molecule has 26 heavy (non-hydrogen) atoms. The van der Waals surface area contributed by atoms with E-state index in [1.165, 1.54) is 12.4 Å². The molecule has 8 heteroatoms. The Morgan fingerprint density at radius 3 is 2.46 bits per heavy atom. The standard InChI is InChI=1S/C18H22N4O4/c1-24-15-2-4-16(5-3-15)26-9-6-19-18-20-12-14(13-21-18)17(23)22-7-10-25-11-8-22/h2-5,12-13H,6-11H2,1H3,(H,19,20,21). The van der Waals surface area contributed by atoms with Crippen molar-refractivity contribution in [2.75, 3.05) is 51.9 Å². The van der Waals surface area contributed by atoms with Crippen LogP contribution in [0, 0.1) is 0 Å². The molecule has 1 fully saturated rings. The van der Waals surface area contributed by atoms with Crippen molar-refractivity contribution >= 4 is 11.9 Å². The summed E-state index contributed by atoms with van der Waals surface area (Å²) in [5.74, 6) is 1.94. The molecule has 1 amide bonds. The number of nitrogens with zero attached hydrogens (tertiary/aromatic N) is 3. The van der Waals surface area contributed by atoms with Gasteiger partial charge in [0.15, 0.2) is 0 Å². The molecule has 0 bridgehead atoms. The van der Waals surface area contributed by atoms with E-state index in [1.807, 2.05) is 24.3 Å². The lowest BCUT2D eigenvalue weighted by Crippen LogP contribution is -2.40. The molecule has 3 rings (SSSR count). The van der Waals surface area contributed by atoms with Crippen molar-refractivity contribution in [1.29, 1.82) is 0 Å². The van der Waals surface area contributed by atoms with Gasteiger partial charge >= 0.3 is 0 Å². The number of nitrogens with one attached hydrogen (secondary N) is 1. The number of amides is 1. The SMILES string of the molecule is COc1ccc(OCCNc2ncc(C(=O)N3CCOCC3)cn2)cc1. The van der Waals surface area contributed by atoms with Gasteiger partial charge in [-0.25, -0.2) is 9.97 Å². The van der Waals surface area contributed by atoms with Gasteiger partial charge in [0, 0.05) is 25.5 Å². The van der Waals surface area contributed by atoms with Crippen molar-refractivity contribution in [1.82, 2.24) is 14.9 Å². The van der Waals surface area contributed by atoms with Crippen molar-refractivity contribution in [2.24, 2.45) is 0 Å². The molecule has 0 unspecified atom stereocenters. The molecule has 1 aliphatic rings. The lowest BCUT2D eigenvalue weighted by molar-refractivity contribution is 0.0302. The first-order valence-electron chi connectivity index (χ1n) is 8.46. The van der Waals surface area contributed by atoms with Gasteiger partial charge in [0.25, 0.3) is 5.91 Å². The molecular formula is C18H22N4O4. The monoisotopic (exact) mass is 358 g/mol. The molecule has 8 nitrogen and oxygen atoms in total. The topological polar surface area (TPSA) is 85.8 Å². The Kier molecular flexibility index (Phi) is 6.21. The number of ether oxygens (including phenoxy) is 3. The highest BCUT2D eigenvalue weighted by atomic mass is 16.5. The summed E-state index contributed by atoms with van der Waals surface area (Å²) < 4.78 is 16.0. The van der Waals surface area contributed by atoms with Gasteiger partial charge < -0.3 is 24.4 Å². The van der Waals surface area contributed by atoms with Gasteiger partial charge in [-0.3, -0.25) is 4.79 Å². The van der Waals surface area contributed by atoms with Gasteiger partial charge in [0.05, 0.1) is 32.4 Å². The highest BCUT2D eigenvalue weighted by Crippen LogP contribution is 2.16. The number of rotatable bonds is 7. The second kappa shape index (κ2) is 9.00. The quantitative estimate of drug-likeness (QED) is 0.750. The fourth-order valence-electron chi connectivity index (χ4n) is 2.48. The van der Waals surface area contributed by atoms with Crippen LogP contribution < -0.4 is 14.8 Å². The summed E-state index contributed by atoms with van der Waals surface area (Å²) >= 11 is 0. The zero-order valence-electron chi connectivity index (χ0n) is 14.7. The molecule has 1 aromatic carbocycles. The minimum absolute atomic E-state index is 0.0670. The number of benzene rings is 1. The van der Waals surface area contributed by atoms with Gasteiger partial charge in [-0.1, -0.05) is 0 Å². The van der Waals surface area contributed by atoms with Crippen molar-refractivity contribution in [3.63, 3.8) is 0 Å². The highest BCUT2D eigenvalue weighted by molar-refractivity contribution is 5.93. The van der Waals surface area contributed by atoms with Crippen LogP contribution in [0.15, 0.2) is 36.7 Å². The Morgan fingerprint density at radius 2 is 1.81 bits per heavy atom. The smallest absolute Gasteiger partial charge is 0.257 e. The third kappa shape index (κ3) is 4.82. The Bertz CT molecular complexity index is 700. The van der Waals surface area contributed by atoms with Gasteiger partial charge in [-0.2, -0.15) is 0 Å². The Morgan fingerprint density at radius 1 is 1.15 bits per heavy atom. The minimum Gasteiger partial charge on any atom is -0.497 e. The summed E-state index contributed by atoms with van der Waals surface area (Å²) in [6.07, 6.45) is 3.08. The molecule has 1 aliphatic heterocycles. The van der Waals surface area contributed by atoms with Crippen molar-refractivity contribution in [3.05, 3.63) is 42.2 Å². The van der Waals surface area contributed by atoms with Gasteiger partial charge in [-0.05, 0) is 24.3 Å². The summed E-state index contributed by atoms with van der Waals surface area (Å²) in [4.78, 5) is 22.4. The number of hydrogen-bond donors (Lipinski definition) is 1. The fraction of sp³-hybridized carbons (Fsp3) is 0.389. The van der Waals surface area contributed by atoms with E-state index in [0.29, 0.717) is 51.0 Å². The van der Waals surface area contributed by atoms with E-state index in [-0.39, 0.29) is 5.91 Å². The normalized spacial score (nSPS) is 14.0. The highest BCUT2D eigenvalue weighted by Gasteiger charge is 2.19. The van der Waals surface area contributed by atoms with Crippen LogP contribution in [-0.2, 0) is 4.74 Å². The predicted molar refractivity (Wildman–Crippen MR) is 95.7 cm³/mol. The van der Waals surface area contributed by atoms with Crippen LogP contribution in [0.3, 0.4) is 0 Å². The van der Waals surface area contributed by atoms with Crippen LogP contribution >= 0.6 is 0 Å². The van der Waals surface area contributed by atoms with Crippen LogP contribution in [-0.4, -0.2) is 67.3 Å². The molecule has 0 spiro atoms. The van der Waals surface area contributed by atoms with Crippen LogP contribution in [0.1, 0.15) is 10.4 Å². The Balaban J connectivity index is 1.43. The summed E-state index contributed by atoms with van der Waals surface area (Å²) in [5, 5.41) is 3.07. The molecule has 0 radical (unpaired) electrons. The number of methoxy groups -OCH3 is 1. The molecule has 0 aliphatic carbocycles. The first-order valence-corrected chi connectivity index (χ1v) is 8.46. The predicted octanol–water partition coefficient (Wildman–Crippen LogP) is 1.45. The van der Waals surface area contributed by atoms with Crippen LogP contribution in [0.2, 0.25) is 0 Å². The van der Waals surface area contributed by atoms with Gasteiger partial charge in [0.1, 0.15) is 18.1 Å². The van der Waals surface area contributed by atoms with E-state index in [0.717, 1.165) is 11.5 Å². The van der Waals surface area contributed by atoms with Crippen molar-refractivity contribution < 1.29 is 19.0 Å². The molecule has 0 saturated carbocycles. The van der Waals surface area contributed by atoms with Gasteiger partial charge in [0.2, 0.25) is 5.95 Å². The Hall–Kier alpha value is -2.87. The van der Waals surface area contributed by atoms with E-state index in [1.54, 1.807) is 12.0 Å². The number of carbonyl (C=O) groups excluding carboxylic acids is 1. The molecule has 2 aromatic rings. The third-order valence-electron chi connectivity index (χ3n) is 3.91. The maximum absolute atomic E-state index is 12.3. The number of anilines is 1. The summed E-state index contributed by atoms with van der Waals surface area (Å²) in [6.45, 7) is 3.34. The van der Waals surface area contributed by atoms with Crippen molar-refractivity contribution in [2.45, 2.75) is 0 Å². The largest absolute Gasteiger partial charge is 0.497 e. The average Bonchev–Trinajstić information content (AvgIpc) is 2.72. The maximum Gasteiger partial charge on any atom is 0.257 e. The zero-order valence-corrected chi connectivity index (χ0v) is 14.7. The molecule has 1 N–H and O–H groups in total. The molecule has 1 saturated heterocycles. The minimum atomic E-state index is -0.0670. The summed E-state index contributed by atoms with van der Waals surface area (Å²) in [7, 11) is 1.62. The number of morpholine rings is 1. The van der Waals surface area contributed by atoms with Crippen LogP contribution in [0.4, 0.5) is 5.95 Å². The van der Waals surface area contributed by atoms with E-state index in [4.69, 9.17) is 14.2 Å². The zero-order chi connectivity index (χ0) is 18.2. The van der Waals surface area contributed by atoms with Crippen LogP contribution in [0.5, 0.6) is 11.5 Å². The second-order valence-electron chi connectivity index (χ2n) is 5.65. The first-order chi connectivity index (χ1) is 12.8. The summed E-state index contributed by atoms with van der Waals surface area (Å²) in [5.41, 5.74) is 0.479. The van der Waals surface area contributed by atoms with Crippen molar-refractivity contribution in [3.8, 4) is 11.5 Å². The van der Waals surface area contributed by atoms with E-state index in [2.05, 4.69) is 15.3 Å². The average molecular weight is 358 g/mol. The fourth-order valence-corrected chi connectivity index (χ4v) is 2.48. The number of hydrogen-bond acceptors (Lipinski definition) is 7. The Labute approximate surface area is 152 Å². The third-order valence-corrected chi connectivity index (χ3v) is 3.91. The summed E-state index contributed by atoms with van der Waals surface area (Å²) in [6, 6.07) is 7.38. The van der Waals surface area contributed by atoms with E-state index >= 15 is 0 Å². The maximum atomic E-state index is 12.3. The van der Waals surface area contributed by atoms with Crippen LogP contribution in [0.25, 0.3) is 0 Å². The number of carbonyl (C=O) groups is 1. The van der Waals surface area contributed by atoms with Gasteiger partial charge in [-0.15, -0.1) is 0 Å². The first kappa shape index (κ1) is 17.9. The molecule has 1 aromatic heterocycles. The number of aromatic nitrogens is 2. The lowest BCUT2D eigenvalue weighted by atomic mass is 10.3. The lowest BCUT2D eigenvalue weighted by Gasteiger charge is -2.26. The molecule has 0 atom stereocenters. The molecule has 138 valence electrons.